The molecule has 2 aromatic rings. The summed E-state index contributed by atoms with van der Waals surface area (Å²) in [4.78, 5) is 17.0. The number of nitrogens with zero attached hydrogens (tertiary/aromatic N) is 4. The molecule has 140 valence electrons. The molecule has 9 heteroatoms. The van der Waals surface area contributed by atoms with Gasteiger partial charge >= 0.3 is 0 Å². The molecular weight excluding hydrogens is 469 g/mol. The predicted octanol–water partition coefficient (Wildman–Crippen LogP) is 3.83. The normalized spacial score (nSPS) is 12.6. The van der Waals surface area contributed by atoms with Gasteiger partial charge < -0.3 is 15.0 Å². The maximum Gasteiger partial charge on any atom is 0.194 e. The number of rotatable bonds is 7. The first-order chi connectivity index (χ1) is 11.5. The van der Waals surface area contributed by atoms with Crippen molar-refractivity contribution in [3.05, 3.63) is 32.2 Å². The number of hydrogen-bond acceptors (Lipinski definition) is 6. The molecule has 0 fully saturated rings. The summed E-state index contributed by atoms with van der Waals surface area (Å²) >= 11 is 3.31. The van der Waals surface area contributed by atoms with E-state index in [1.165, 1.54) is 4.88 Å². The summed E-state index contributed by atoms with van der Waals surface area (Å²) in [6.45, 7) is 8.25. The van der Waals surface area contributed by atoms with Crippen molar-refractivity contribution < 1.29 is 4.74 Å². The van der Waals surface area contributed by atoms with Gasteiger partial charge in [0.25, 0.3) is 0 Å². The first kappa shape index (κ1) is 22.3. The highest BCUT2D eigenvalue weighted by Crippen LogP contribution is 2.21. The van der Waals surface area contributed by atoms with Gasteiger partial charge in [0.05, 0.1) is 18.8 Å². The van der Waals surface area contributed by atoms with Gasteiger partial charge in [-0.25, -0.2) is 15.0 Å². The number of nitrogens with one attached hydrogen (secondary N) is 1. The molecule has 6 nitrogen and oxygen atoms in total. The lowest BCUT2D eigenvalue weighted by Crippen LogP contribution is -2.38. The Morgan fingerprint density at radius 2 is 2.24 bits per heavy atom. The van der Waals surface area contributed by atoms with Crippen LogP contribution in [0.15, 0.2) is 16.6 Å². The molecule has 25 heavy (non-hydrogen) atoms. The second-order valence-electron chi connectivity index (χ2n) is 5.45. The molecule has 0 radical (unpaired) electrons. The zero-order valence-electron chi connectivity index (χ0n) is 15.3. The molecule has 2 aromatic heterocycles. The standard InChI is InChI=1S/C16H25N5OS2.HI/c1-6-17-16(19-8-14-18-7-11(2)24-14)21(4)9-13-10-23-15(20-13)12(3)22-5;/h7,10,12H,6,8-9H2,1-5H3,(H,17,19);1H. The molecule has 0 saturated carbocycles. The SMILES string of the molecule is CCNC(=NCc1ncc(C)s1)N(C)Cc1csc(C(C)OC)n1.I. The van der Waals surface area contributed by atoms with E-state index in [9.17, 15) is 0 Å². The summed E-state index contributed by atoms with van der Waals surface area (Å²) in [5, 5.41) is 7.43. The van der Waals surface area contributed by atoms with Crippen molar-refractivity contribution in [1.29, 1.82) is 0 Å². The van der Waals surface area contributed by atoms with Gasteiger partial charge in [0.2, 0.25) is 0 Å². The van der Waals surface area contributed by atoms with E-state index in [-0.39, 0.29) is 30.1 Å². The van der Waals surface area contributed by atoms with Gasteiger partial charge in [-0.1, -0.05) is 0 Å². The summed E-state index contributed by atoms with van der Waals surface area (Å²) in [5.41, 5.74) is 1.03. The second kappa shape index (κ2) is 11.0. The third kappa shape index (κ3) is 6.80. The molecule has 0 bridgehead atoms. The number of ether oxygens (including phenoxy) is 1. The Kier molecular flexibility index (Phi) is 9.83. The molecule has 0 spiro atoms. The highest BCUT2D eigenvalue weighted by molar-refractivity contribution is 14.0. The van der Waals surface area contributed by atoms with E-state index in [0.29, 0.717) is 13.1 Å². The van der Waals surface area contributed by atoms with Gasteiger partial charge in [-0.3, -0.25) is 0 Å². The fourth-order valence-electron chi connectivity index (χ4n) is 2.09. The van der Waals surface area contributed by atoms with E-state index in [1.54, 1.807) is 29.8 Å². The van der Waals surface area contributed by atoms with Crippen LogP contribution in [-0.2, 0) is 17.8 Å². The molecule has 2 rings (SSSR count). The van der Waals surface area contributed by atoms with Gasteiger partial charge in [-0.15, -0.1) is 46.7 Å². The molecule has 2 heterocycles. The Bertz CT molecular complexity index is 673. The minimum atomic E-state index is 0. The molecule has 0 saturated heterocycles. The van der Waals surface area contributed by atoms with Crippen LogP contribution in [0.4, 0.5) is 0 Å². The number of methoxy groups -OCH3 is 1. The quantitative estimate of drug-likeness (QED) is 0.360. The largest absolute Gasteiger partial charge is 0.375 e. The molecule has 1 N–H and O–H groups in total. The van der Waals surface area contributed by atoms with E-state index in [0.717, 1.165) is 28.2 Å². The first-order valence-electron chi connectivity index (χ1n) is 7.91. The van der Waals surface area contributed by atoms with Crippen molar-refractivity contribution in [3.8, 4) is 0 Å². The number of thiazole rings is 2. The Morgan fingerprint density at radius 3 is 2.84 bits per heavy atom. The molecule has 1 unspecified atom stereocenters. The van der Waals surface area contributed by atoms with Crippen LogP contribution in [0.25, 0.3) is 0 Å². The van der Waals surface area contributed by atoms with Crippen LogP contribution in [0.1, 0.15) is 40.5 Å². The van der Waals surface area contributed by atoms with Crippen LogP contribution in [0, 0.1) is 6.92 Å². The fourth-order valence-corrected chi connectivity index (χ4v) is 3.64. The van der Waals surface area contributed by atoms with E-state index < -0.39 is 0 Å². The van der Waals surface area contributed by atoms with Crippen LogP contribution < -0.4 is 5.32 Å². The van der Waals surface area contributed by atoms with Crippen molar-refractivity contribution in [1.82, 2.24) is 20.2 Å². The zero-order chi connectivity index (χ0) is 17.5. The number of aliphatic imine (C=N–C) groups is 1. The number of aromatic nitrogens is 2. The average Bonchev–Trinajstić information content (AvgIpc) is 3.19. The maximum absolute atomic E-state index is 5.32. The predicted molar refractivity (Wildman–Crippen MR) is 116 cm³/mol. The third-order valence-electron chi connectivity index (χ3n) is 3.40. The van der Waals surface area contributed by atoms with Gasteiger partial charge in [0.15, 0.2) is 5.96 Å². The van der Waals surface area contributed by atoms with Crippen molar-refractivity contribution in [3.63, 3.8) is 0 Å². The molecule has 0 aliphatic heterocycles. The van der Waals surface area contributed by atoms with E-state index in [4.69, 9.17) is 4.74 Å². The van der Waals surface area contributed by atoms with Crippen molar-refractivity contribution in [2.45, 2.75) is 40.0 Å². The molecule has 0 amide bonds. The monoisotopic (exact) mass is 495 g/mol. The topological polar surface area (TPSA) is 62.6 Å². The third-order valence-corrected chi connectivity index (χ3v) is 5.35. The Morgan fingerprint density at radius 1 is 1.48 bits per heavy atom. The minimum Gasteiger partial charge on any atom is -0.375 e. The molecule has 0 aliphatic carbocycles. The minimum absolute atomic E-state index is 0. The van der Waals surface area contributed by atoms with Crippen LogP contribution >= 0.6 is 46.7 Å². The van der Waals surface area contributed by atoms with Crippen molar-refractivity contribution >= 4 is 52.6 Å². The van der Waals surface area contributed by atoms with Crippen LogP contribution in [0.5, 0.6) is 0 Å². The molecule has 1 atom stereocenters. The van der Waals surface area contributed by atoms with Gasteiger partial charge in [-0.2, -0.15) is 0 Å². The average molecular weight is 495 g/mol. The van der Waals surface area contributed by atoms with Gasteiger partial charge in [0.1, 0.15) is 16.1 Å². The van der Waals surface area contributed by atoms with E-state index in [2.05, 4.69) is 44.4 Å². The van der Waals surface area contributed by atoms with Gasteiger partial charge in [0, 0.05) is 37.2 Å². The summed E-state index contributed by atoms with van der Waals surface area (Å²) < 4.78 is 5.32. The van der Waals surface area contributed by atoms with Crippen molar-refractivity contribution in [2.24, 2.45) is 4.99 Å². The van der Waals surface area contributed by atoms with E-state index >= 15 is 0 Å². The lowest BCUT2D eigenvalue weighted by molar-refractivity contribution is 0.119. The molecule has 0 aliphatic rings. The number of aryl methyl sites for hydroxylation is 1. The van der Waals surface area contributed by atoms with Crippen LogP contribution in [-0.4, -0.2) is 41.5 Å². The summed E-state index contributed by atoms with van der Waals surface area (Å²) in [6, 6.07) is 0. The Balaban J connectivity index is 0.00000312. The zero-order valence-corrected chi connectivity index (χ0v) is 19.2. The summed E-state index contributed by atoms with van der Waals surface area (Å²) in [6.07, 6.45) is 1.92. The fraction of sp³-hybridized carbons (Fsp3) is 0.562. The number of hydrogen-bond donors (Lipinski definition) is 1. The lowest BCUT2D eigenvalue weighted by Gasteiger charge is -2.21. The summed E-state index contributed by atoms with van der Waals surface area (Å²) in [5.74, 6) is 0.861. The molecule has 0 aromatic carbocycles. The van der Waals surface area contributed by atoms with Crippen LogP contribution in [0.3, 0.4) is 0 Å². The number of halogens is 1. The smallest absolute Gasteiger partial charge is 0.194 e. The van der Waals surface area contributed by atoms with E-state index in [1.807, 2.05) is 20.2 Å². The van der Waals surface area contributed by atoms with Crippen LogP contribution in [0.2, 0.25) is 0 Å². The first-order valence-corrected chi connectivity index (χ1v) is 9.61. The second-order valence-corrected chi connectivity index (χ2v) is 7.65. The van der Waals surface area contributed by atoms with Gasteiger partial charge in [-0.05, 0) is 20.8 Å². The summed E-state index contributed by atoms with van der Waals surface area (Å²) in [7, 11) is 3.72. The number of guanidine groups is 1. The highest BCUT2D eigenvalue weighted by atomic mass is 127. The Hall–Kier alpha value is -0.780. The molecular formula is C16H26IN5OS2. The maximum atomic E-state index is 5.32. The lowest BCUT2D eigenvalue weighted by atomic mass is 10.4. The van der Waals surface area contributed by atoms with Crippen molar-refractivity contribution in [2.75, 3.05) is 20.7 Å². The highest BCUT2D eigenvalue weighted by Gasteiger charge is 2.12. The Labute approximate surface area is 174 Å².